The molecule has 0 radical (unpaired) electrons. The van der Waals surface area contributed by atoms with Gasteiger partial charge >= 0.3 is 0 Å². The number of benzene rings is 2. The van der Waals surface area contributed by atoms with E-state index in [0.717, 1.165) is 54.3 Å². The average Bonchev–Trinajstić information content (AvgIpc) is 3.23. The van der Waals surface area contributed by atoms with Gasteiger partial charge < -0.3 is 5.32 Å². The van der Waals surface area contributed by atoms with Crippen LogP contribution in [-0.2, 0) is 13.1 Å². The Kier molecular flexibility index (Phi) is 6.97. The first-order chi connectivity index (χ1) is 14.5. The molecule has 2 aromatic carbocycles. The molecule has 156 valence electrons. The molecule has 1 aliphatic rings. The molecule has 1 aliphatic heterocycles. The predicted octanol–water partition coefficient (Wildman–Crippen LogP) is 6.69. The summed E-state index contributed by atoms with van der Waals surface area (Å²) in [5.41, 5.74) is 6.12. The number of nitrogens with one attached hydrogen (secondary N) is 1. The summed E-state index contributed by atoms with van der Waals surface area (Å²) in [6.07, 6.45) is 2.51. The Morgan fingerprint density at radius 2 is 1.60 bits per heavy atom. The van der Waals surface area contributed by atoms with Gasteiger partial charge in [-0.05, 0) is 68.9 Å². The third kappa shape index (κ3) is 4.82. The summed E-state index contributed by atoms with van der Waals surface area (Å²) < 4.78 is 0. The number of hydrogen-bond acceptors (Lipinski definition) is 3. The Morgan fingerprint density at radius 3 is 2.27 bits per heavy atom. The van der Waals surface area contributed by atoms with Crippen LogP contribution in [0, 0.1) is 0 Å². The number of likely N-dealkylation sites (tertiary alicyclic amines) is 1. The molecule has 0 saturated carbocycles. The Labute approximate surface area is 193 Å². The smallest absolute Gasteiger partial charge is 0.0784 e. The van der Waals surface area contributed by atoms with Gasteiger partial charge in [-0.3, -0.25) is 9.88 Å². The van der Waals surface area contributed by atoms with Crippen LogP contribution in [0.5, 0.6) is 0 Å². The molecule has 4 rings (SSSR count). The summed E-state index contributed by atoms with van der Waals surface area (Å²) in [6, 6.07) is 15.6. The summed E-state index contributed by atoms with van der Waals surface area (Å²) in [6.45, 7) is 3.85. The number of halogens is 3. The lowest BCUT2D eigenvalue weighted by molar-refractivity contribution is 0.326. The van der Waals surface area contributed by atoms with Crippen molar-refractivity contribution in [3.63, 3.8) is 0 Å². The lowest BCUT2D eigenvalue weighted by atomic mass is 9.96. The number of hydrogen-bond donors (Lipinski definition) is 1. The highest BCUT2D eigenvalue weighted by molar-refractivity contribution is 6.36. The molecule has 30 heavy (non-hydrogen) atoms. The summed E-state index contributed by atoms with van der Waals surface area (Å²) in [7, 11) is 1.96. The Bertz CT molecular complexity index is 1030. The van der Waals surface area contributed by atoms with E-state index in [0.29, 0.717) is 15.1 Å². The van der Waals surface area contributed by atoms with Gasteiger partial charge in [-0.15, -0.1) is 0 Å². The van der Waals surface area contributed by atoms with Crippen molar-refractivity contribution in [1.29, 1.82) is 0 Å². The molecule has 0 spiro atoms. The fourth-order valence-corrected chi connectivity index (χ4v) is 4.60. The highest BCUT2D eigenvalue weighted by atomic mass is 35.5. The van der Waals surface area contributed by atoms with E-state index in [1.807, 2.05) is 43.4 Å². The van der Waals surface area contributed by atoms with Crippen LogP contribution in [0.1, 0.15) is 24.1 Å². The molecule has 1 fully saturated rings. The van der Waals surface area contributed by atoms with E-state index in [1.165, 1.54) is 18.4 Å². The van der Waals surface area contributed by atoms with Crippen LogP contribution in [0.2, 0.25) is 15.1 Å². The Balaban J connectivity index is 1.89. The van der Waals surface area contributed by atoms with Crippen LogP contribution in [-0.4, -0.2) is 30.0 Å². The molecule has 1 aromatic heterocycles. The normalized spacial score (nSPS) is 14.4. The standard InChI is InChI=1S/C24H24Cl3N3/c1-28-14-17-12-21(20-9-8-19(26)13-22(20)27)24(16-4-6-18(25)7-5-16)29-23(17)15-30-10-2-3-11-30/h4-9,12-13,28H,2-3,10-11,14-15H2,1H3. The average molecular weight is 461 g/mol. The topological polar surface area (TPSA) is 28.2 Å². The van der Waals surface area contributed by atoms with Crippen molar-refractivity contribution in [2.75, 3.05) is 20.1 Å². The van der Waals surface area contributed by atoms with E-state index in [2.05, 4.69) is 16.3 Å². The minimum absolute atomic E-state index is 0.613. The van der Waals surface area contributed by atoms with Gasteiger partial charge in [0.1, 0.15) is 0 Å². The maximum Gasteiger partial charge on any atom is 0.0784 e. The van der Waals surface area contributed by atoms with Gasteiger partial charge in [0.15, 0.2) is 0 Å². The van der Waals surface area contributed by atoms with E-state index >= 15 is 0 Å². The Hall–Kier alpha value is -1.62. The molecule has 0 atom stereocenters. The minimum Gasteiger partial charge on any atom is -0.316 e. The third-order valence-electron chi connectivity index (χ3n) is 5.47. The van der Waals surface area contributed by atoms with Gasteiger partial charge in [-0.25, -0.2) is 0 Å². The van der Waals surface area contributed by atoms with Crippen LogP contribution in [0.3, 0.4) is 0 Å². The highest BCUT2D eigenvalue weighted by Crippen LogP contribution is 2.38. The molecule has 2 heterocycles. The van der Waals surface area contributed by atoms with Crippen LogP contribution >= 0.6 is 34.8 Å². The zero-order chi connectivity index (χ0) is 21.1. The second-order valence-electron chi connectivity index (χ2n) is 7.64. The van der Waals surface area contributed by atoms with Crippen molar-refractivity contribution in [1.82, 2.24) is 15.2 Å². The molecule has 0 amide bonds. The van der Waals surface area contributed by atoms with Crippen molar-refractivity contribution < 1.29 is 0 Å². The SMILES string of the molecule is CNCc1cc(-c2ccc(Cl)cc2Cl)c(-c2ccc(Cl)cc2)nc1CN1CCCC1. The summed E-state index contributed by atoms with van der Waals surface area (Å²) in [4.78, 5) is 7.65. The Morgan fingerprint density at radius 1 is 0.900 bits per heavy atom. The zero-order valence-electron chi connectivity index (χ0n) is 16.9. The number of aromatic nitrogens is 1. The second kappa shape index (κ2) is 9.67. The van der Waals surface area contributed by atoms with Crippen LogP contribution in [0.25, 0.3) is 22.4 Å². The zero-order valence-corrected chi connectivity index (χ0v) is 19.2. The first kappa shape index (κ1) is 21.6. The molecule has 0 bridgehead atoms. The van der Waals surface area contributed by atoms with E-state index in [4.69, 9.17) is 39.8 Å². The molecule has 1 saturated heterocycles. The first-order valence-corrected chi connectivity index (χ1v) is 11.3. The number of pyridine rings is 1. The fraction of sp³-hybridized carbons (Fsp3) is 0.292. The van der Waals surface area contributed by atoms with Crippen LogP contribution in [0.4, 0.5) is 0 Å². The maximum atomic E-state index is 6.60. The summed E-state index contributed by atoms with van der Waals surface area (Å²) in [5, 5.41) is 5.22. The van der Waals surface area contributed by atoms with Crippen LogP contribution in [0.15, 0.2) is 48.5 Å². The van der Waals surface area contributed by atoms with Gasteiger partial charge in [0.05, 0.1) is 11.4 Å². The van der Waals surface area contributed by atoms with Crippen molar-refractivity contribution in [2.45, 2.75) is 25.9 Å². The minimum atomic E-state index is 0.613. The van der Waals surface area contributed by atoms with Crippen molar-refractivity contribution >= 4 is 34.8 Å². The highest BCUT2D eigenvalue weighted by Gasteiger charge is 2.20. The molecule has 0 unspecified atom stereocenters. The van der Waals surface area contributed by atoms with Crippen molar-refractivity contribution in [2.24, 2.45) is 0 Å². The van der Waals surface area contributed by atoms with E-state index in [1.54, 1.807) is 6.07 Å². The quantitative estimate of drug-likeness (QED) is 0.444. The molecule has 3 nitrogen and oxygen atoms in total. The van der Waals surface area contributed by atoms with Gasteiger partial charge in [-0.2, -0.15) is 0 Å². The molecular weight excluding hydrogens is 437 g/mol. The lowest BCUT2D eigenvalue weighted by Crippen LogP contribution is -2.21. The van der Waals surface area contributed by atoms with Crippen LogP contribution < -0.4 is 5.32 Å². The van der Waals surface area contributed by atoms with Crippen molar-refractivity contribution in [3.05, 3.63) is 74.9 Å². The number of rotatable bonds is 6. The molecule has 1 N–H and O–H groups in total. The molecule has 0 aliphatic carbocycles. The number of nitrogens with zero attached hydrogens (tertiary/aromatic N) is 2. The summed E-state index contributed by atoms with van der Waals surface area (Å²) >= 11 is 18.9. The monoisotopic (exact) mass is 459 g/mol. The van der Waals surface area contributed by atoms with Gasteiger partial charge in [0.25, 0.3) is 0 Å². The fourth-order valence-electron chi connectivity index (χ4n) is 3.97. The van der Waals surface area contributed by atoms with E-state index in [-0.39, 0.29) is 0 Å². The van der Waals surface area contributed by atoms with E-state index < -0.39 is 0 Å². The maximum absolute atomic E-state index is 6.60. The molecule has 3 aromatic rings. The second-order valence-corrected chi connectivity index (χ2v) is 8.92. The lowest BCUT2D eigenvalue weighted by Gasteiger charge is -2.20. The third-order valence-corrected chi connectivity index (χ3v) is 6.27. The molecular formula is C24H24Cl3N3. The van der Waals surface area contributed by atoms with Gasteiger partial charge in [0.2, 0.25) is 0 Å². The predicted molar refractivity (Wildman–Crippen MR) is 127 cm³/mol. The molecule has 6 heteroatoms. The van der Waals surface area contributed by atoms with E-state index in [9.17, 15) is 0 Å². The van der Waals surface area contributed by atoms with Gasteiger partial charge in [0, 0.05) is 44.8 Å². The van der Waals surface area contributed by atoms with Crippen molar-refractivity contribution in [3.8, 4) is 22.4 Å². The summed E-state index contributed by atoms with van der Waals surface area (Å²) in [5.74, 6) is 0. The largest absolute Gasteiger partial charge is 0.316 e. The van der Waals surface area contributed by atoms with Gasteiger partial charge in [-0.1, -0.05) is 53.0 Å². The first-order valence-electron chi connectivity index (χ1n) is 10.2.